The van der Waals surface area contributed by atoms with Crippen molar-refractivity contribution in [3.8, 4) is 11.1 Å². The highest BCUT2D eigenvalue weighted by molar-refractivity contribution is 6.07. The normalized spacial score (nSPS) is 11.6. The highest BCUT2D eigenvalue weighted by atomic mass is 19.4. The standard InChI is InChI=1S/C24H18F4N4O2/c1-2-21(33)19-12-31-23-18(19)5-15(9-30-23)13-3-4-14(20(25)6-13)7-22(34)32-17-8-16(10-29-11-17)24(26,27)28/h3-6,8-12H,2,7H2,1H3,(H,30,31)(H,32,34). The van der Waals surface area contributed by atoms with Gasteiger partial charge in [-0.1, -0.05) is 19.1 Å². The van der Waals surface area contributed by atoms with Crippen LogP contribution in [0.1, 0.15) is 34.8 Å². The molecule has 0 radical (unpaired) electrons. The number of hydrogen-bond acceptors (Lipinski definition) is 4. The van der Waals surface area contributed by atoms with Crippen LogP contribution in [0.3, 0.4) is 0 Å². The first-order chi connectivity index (χ1) is 16.2. The summed E-state index contributed by atoms with van der Waals surface area (Å²) in [6.07, 6.45) is 0.212. The molecule has 3 heterocycles. The van der Waals surface area contributed by atoms with Gasteiger partial charge in [0.1, 0.15) is 11.5 Å². The van der Waals surface area contributed by atoms with Crippen molar-refractivity contribution in [1.82, 2.24) is 15.0 Å². The van der Waals surface area contributed by atoms with Gasteiger partial charge in [0.15, 0.2) is 5.78 Å². The average Bonchev–Trinajstić information content (AvgIpc) is 3.23. The summed E-state index contributed by atoms with van der Waals surface area (Å²) in [5.74, 6) is -1.39. The number of anilines is 1. The van der Waals surface area contributed by atoms with E-state index >= 15 is 0 Å². The molecular formula is C24H18F4N4O2. The van der Waals surface area contributed by atoms with Crippen LogP contribution in [0.15, 0.2) is 55.1 Å². The van der Waals surface area contributed by atoms with Crippen molar-refractivity contribution in [2.45, 2.75) is 25.9 Å². The van der Waals surface area contributed by atoms with E-state index in [1.54, 1.807) is 31.5 Å². The Kier molecular flexibility index (Phi) is 6.14. The van der Waals surface area contributed by atoms with E-state index in [-0.39, 0.29) is 23.5 Å². The Morgan fingerprint density at radius 2 is 1.85 bits per heavy atom. The topological polar surface area (TPSA) is 87.7 Å². The maximum Gasteiger partial charge on any atom is 0.417 e. The van der Waals surface area contributed by atoms with Gasteiger partial charge in [-0.05, 0) is 29.3 Å². The molecule has 0 unspecified atom stereocenters. The second-order valence-electron chi connectivity index (χ2n) is 7.59. The van der Waals surface area contributed by atoms with Gasteiger partial charge >= 0.3 is 6.18 Å². The largest absolute Gasteiger partial charge is 0.417 e. The monoisotopic (exact) mass is 470 g/mol. The number of halogens is 4. The van der Waals surface area contributed by atoms with Crippen molar-refractivity contribution >= 4 is 28.4 Å². The number of rotatable bonds is 6. The van der Waals surface area contributed by atoms with Crippen LogP contribution in [0.25, 0.3) is 22.2 Å². The minimum atomic E-state index is -4.60. The van der Waals surface area contributed by atoms with Gasteiger partial charge in [0.2, 0.25) is 5.91 Å². The van der Waals surface area contributed by atoms with Crippen LogP contribution in [-0.4, -0.2) is 26.6 Å². The molecule has 0 aliphatic heterocycles. The molecule has 10 heteroatoms. The second kappa shape index (κ2) is 9.05. The zero-order valence-corrected chi connectivity index (χ0v) is 17.8. The molecule has 4 aromatic rings. The lowest BCUT2D eigenvalue weighted by Gasteiger charge is -2.10. The molecule has 0 bridgehead atoms. The summed E-state index contributed by atoms with van der Waals surface area (Å²) in [7, 11) is 0. The molecule has 4 rings (SSSR count). The molecule has 0 fully saturated rings. The van der Waals surface area contributed by atoms with Crippen molar-refractivity contribution < 1.29 is 27.2 Å². The van der Waals surface area contributed by atoms with Crippen molar-refractivity contribution in [1.29, 1.82) is 0 Å². The molecule has 0 spiro atoms. The fourth-order valence-corrected chi connectivity index (χ4v) is 3.49. The van der Waals surface area contributed by atoms with E-state index < -0.39 is 23.5 Å². The number of carbonyl (C=O) groups excluding carboxylic acids is 2. The number of aromatic amines is 1. The van der Waals surface area contributed by atoms with Crippen molar-refractivity contribution in [3.05, 3.63) is 77.6 Å². The van der Waals surface area contributed by atoms with Gasteiger partial charge in [-0.3, -0.25) is 14.6 Å². The van der Waals surface area contributed by atoms with Crippen LogP contribution in [0.2, 0.25) is 0 Å². The van der Waals surface area contributed by atoms with Crippen LogP contribution < -0.4 is 5.32 Å². The summed E-state index contributed by atoms with van der Waals surface area (Å²) in [6, 6.07) is 6.77. The molecular weight excluding hydrogens is 452 g/mol. The summed E-state index contributed by atoms with van der Waals surface area (Å²) in [4.78, 5) is 35.1. The molecule has 6 nitrogen and oxygen atoms in total. The maximum absolute atomic E-state index is 14.7. The first-order valence-corrected chi connectivity index (χ1v) is 10.3. The minimum absolute atomic E-state index is 0.0475. The molecule has 0 atom stereocenters. The van der Waals surface area contributed by atoms with Crippen molar-refractivity contribution in [2.24, 2.45) is 0 Å². The number of amides is 1. The van der Waals surface area contributed by atoms with Crippen LogP contribution in [0.5, 0.6) is 0 Å². The Bertz CT molecular complexity index is 1400. The lowest BCUT2D eigenvalue weighted by atomic mass is 10.0. The number of hydrogen-bond donors (Lipinski definition) is 2. The molecule has 0 aliphatic carbocycles. The van der Waals surface area contributed by atoms with E-state index in [4.69, 9.17) is 0 Å². The molecule has 1 amide bonds. The summed E-state index contributed by atoms with van der Waals surface area (Å²) in [5, 5.41) is 2.93. The van der Waals surface area contributed by atoms with E-state index in [1.807, 2.05) is 0 Å². The molecule has 2 N–H and O–H groups in total. The number of pyridine rings is 2. The fourth-order valence-electron chi connectivity index (χ4n) is 3.49. The number of alkyl halides is 3. The van der Waals surface area contributed by atoms with Gasteiger partial charge in [0.05, 0.1) is 23.9 Å². The third kappa shape index (κ3) is 4.80. The van der Waals surface area contributed by atoms with Crippen LogP contribution in [0.4, 0.5) is 23.2 Å². The molecule has 3 aromatic heterocycles. The number of aromatic nitrogens is 3. The molecule has 0 saturated carbocycles. The average molecular weight is 470 g/mol. The first kappa shape index (κ1) is 23.1. The summed E-state index contributed by atoms with van der Waals surface area (Å²) < 4.78 is 53.2. The Morgan fingerprint density at radius 1 is 1.06 bits per heavy atom. The predicted molar refractivity (Wildman–Crippen MR) is 118 cm³/mol. The van der Waals surface area contributed by atoms with Crippen molar-refractivity contribution in [2.75, 3.05) is 5.32 Å². The number of carbonyl (C=O) groups is 2. The van der Waals surface area contributed by atoms with Gasteiger partial charge in [0.25, 0.3) is 0 Å². The highest BCUT2D eigenvalue weighted by Crippen LogP contribution is 2.30. The number of ketones is 1. The Morgan fingerprint density at radius 3 is 2.56 bits per heavy atom. The van der Waals surface area contributed by atoms with Crippen LogP contribution in [-0.2, 0) is 17.4 Å². The summed E-state index contributed by atoms with van der Waals surface area (Å²) >= 11 is 0. The third-order valence-electron chi connectivity index (χ3n) is 5.24. The molecule has 174 valence electrons. The molecule has 1 aromatic carbocycles. The number of nitrogens with zero attached hydrogens (tertiary/aromatic N) is 2. The number of fused-ring (bicyclic) bond motifs is 1. The fraction of sp³-hybridized carbons (Fsp3) is 0.167. The van der Waals surface area contributed by atoms with Crippen LogP contribution in [0, 0.1) is 5.82 Å². The molecule has 34 heavy (non-hydrogen) atoms. The van der Waals surface area contributed by atoms with Gasteiger partial charge < -0.3 is 10.3 Å². The van der Waals surface area contributed by atoms with Crippen molar-refractivity contribution in [3.63, 3.8) is 0 Å². The predicted octanol–water partition coefficient (Wildman–Crippen LogP) is 5.56. The summed E-state index contributed by atoms with van der Waals surface area (Å²) in [5.41, 5.74) is 1.05. The quantitative estimate of drug-likeness (QED) is 0.285. The van der Waals surface area contributed by atoms with Gasteiger partial charge in [-0.2, -0.15) is 13.2 Å². The minimum Gasteiger partial charge on any atom is -0.345 e. The van der Waals surface area contributed by atoms with E-state index in [9.17, 15) is 27.2 Å². The lowest BCUT2D eigenvalue weighted by Crippen LogP contribution is -2.16. The van der Waals surface area contributed by atoms with Gasteiger partial charge in [-0.25, -0.2) is 9.37 Å². The number of Topliss-reactive ketones (excluding diaryl/α,β-unsaturated/α-hetero) is 1. The Hall–Kier alpha value is -4.08. The zero-order chi connectivity index (χ0) is 24.5. The smallest absolute Gasteiger partial charge is 0.345 e. The van der Waals surface area contributed by atoms with E-state index in [1.165, 1.54) is 12.1 Å². The van der Waals surface area contributed by atoms with Crippen LogP contribution >= 0.6 is 0 Å². The van der Waals surface area contributed by atoms with Gasteiger partial charge in [-0.15, -0.1) is 0 Å². The third-order valence-corrected chi connectivity index (χ3v) is 5.24. The van der Waals surface area contributed by atoms with E-state index in [0.29, 0.717) is 40.3 Å². The highest BCUT2D eigenvalue weighted by Gasteiger charge is 2.31. The SMILES string of the molecule is CCC(=O)c1c[nH]c2ncc(-c3ccc(CC(=O)Nc4cncc(C(F)(F)F)c4)c(F)c3)cc12. The number of nitrogens with one attached hydrogen (secondary N) is 2. The summed E-state index contributed by atoms with van der Waals surface area (Å²) in [6.45, 7) is 1.76. The molecule has 0 aliphatic rings. The Balaban J connectivity index is 1.52. The molecule has 0 saturated heterocycles. The van der Waals surface area contributed by atoms with Gasteiger partial charge in [0, 0.05) is 41.5 Å². The zero-order valence-electron chi connectivity index (χ0n) is 17.8. The second-order valence-corrected chi connectivity index (χ2v) is 7.59. The maximum atomic E-state index is 14.7. The number of benzene rings is 1. The van der Waals surface area contributed by atoms with E-state index in [2.05, 4.69) is 20.3 Å². The Labute approximate surface area is 191 Å². The first-order valence-electron chi connectivity index (χ1n) is 10.3. The number of H-pyrrole nitrogens is 1. The lowest BCUT2D eigenvalue weighted by molar-refractivity contribution is -0.137. The van der Waals surface area contributed by atoms with E-state index in [0.717, 1.165) is 12.3 Å².